The number of hydrazone groups is 1. The predicted molar refractivity (Wildman–Crippen MR) is 115 cm³/mol. The maximum Gasteiger partial charge on any atom is 0.260 e. The highest BCUT2D eigenvalue weighted by molar-refractivity contribution is 7.92. The number of anilines is 1. The van der Waals surface area contributed by atoms with Crippen molar-refractivity contribution in [1.29, 1.82) is 0 Å². The van der Waals surface area contributed by atoms with Gasteiger partial charge in [0.1, 0.15) is 12.3 Å². The quantitative estimate of drug-likeness (QED) is 0.477. The number of methoxy groups -OCH3 is 3. The van der Waals surface area contributed by atoms with Crippen LogP contribution in [-0.2, 0) is 14.8 Å². The number of amides is 1. The molecule has 0 saturated carbocycles. The monoisotopic (exact) mass is 435 g/mol. The third kappa shape index (κ3) is 5.63. The van der Waals surface area contributed by atoms with E-state index < -0.39 is 22.5 Å². The van der Waals surface area contributed by atoms with Crippen LogP contribution in [0.15, 0.2) is 47.6 Å². The van der Waals surface area contributed by atoms with Gasteiger partial charge in [0.05, 0.1) is 39.0 Å². The fourth-order valence-electron chi connectivity index (χ4n) is 2.65. The van der Waals surface area contributed by atoms with E-state index in [0.29, 0.717) is 28.5 Å². The van der Waals surface area contributed by atoms with E-state index in [0.717, 1.165) is 10.6 Å². The molecule has 0 bridgehead atoms. The zero-order valence-electron chi connectivity index (χ0n) is 17.5. The van der Waals surface area contributed by atoms with Crippen LogP contribution in [0.1, 0.15) is 12.5 Å². The molecule has 10 heteroatoms. The minimum atomic E-state index is -3.74. The number of carbonyl (C=O) groups excluding carboxylic acids is 1. The Hall–Kier alpha value is -3.27. The van der Waals surface area contributed by atoms with E-state index in [-0.39, 0.29) is 5.69 Å². The zero-order chi connectivity index (χ0) is 22.3. The van der Waals surface area contributed by atoms with Gasteiger partial charge in [-0.1, -0.05) is 12.1 Å². The van der Waals surface area contributed by atoms with E-state index in [1.165, 1.54) is 21.3 Å². The Morgan fingerprint density at radius 3 is 2.23 bits per heavy atom. The molecule has 0 aliphatic heterocycles. The van der Waals surface area contributed by atoms with Gasteiger partial charge < -0.3 is 14.2 Å². The molecule has 0 spiro atoms. The second-order valence-electron chi connectivity index (χ2n) is 6.24. The Labute approximate surface area is 176 Å². The van der Waals surface area contributed by atoms with Crippen molar-refractivity contribution in [3.05, 3.63) is 48.0 Å². The van der Waals surface area contributed by atoms with Gasteiger partial charge in [0.2, 0.25) is 10.0 Å². The van der Waals surface area contributed by atoms with Crippen molar-refractivity contribution in [3.8, 4) is 17.2 Å². The fourth-order valence-corrected chi connectivity index (χ4v) is 3.51. The van der Waals surface area contributed by atoms with Crippen LogP contribution < -0.4 is 23.9 Å². The lowest BCUT2D eigenvalue weighted by Gasteiger charge is -2.23. The van der Waals surface area contributed by atoms with Gasteiger partial charge in [-0.3, -0.25) is 9.10 Å². The molecule has 1 N–H and O–H groups in total. The Kier molecular flexibility index (Phi) is 7.65. The van der Waals surface area contributed by atoms with E-state index in [2.05, 4.69) is 10.5 Å². The molecule has 0 atom stereocenters. The summed E-state index contributed by atoms with van der Waals surface area (Å²) in [5.74, 6) is 0.820. The van der Waals surface area contributed by atoms with E-state index in [1.54, 1.807) is 49.4 Å². The number of benzene rings is 2. The molecular formula is C20H25N3O6S. The largest absolute Gasteiger partial charge is 0.495 e. The Balaban J connectivity index is 2.20. The summed E-state index contributed by atoms with van der Waals surface area (Å²) in [5.41, 5.74) is 3.86. The number of nitrogens with one attached hydrogen (secondary N) is 1. The van der Waals surface area contributed by atoms with Crippen LogP contribution in [0.3, 0.4) is 0 Å². The van der Waals surface area contributed by atoms with Gasteiger partial charge >= 0.3 is 0 Å². The van der Waals surface area contributed by atoms with Gasteiger partial charge in [0.15, 0.2) is 11.5 Å². The number of para-hydroxylation sites is 2. The first-order chi connectivity index (χ1) is 14.2. The minimum Gasteiger partial charge on any atom is -0.495 e. The van der Waals surface area contributed by atoms with Crippen LogP contribution in [0.25, 0.3) is 0 Å². The third-order valence-corrected chi connectivity index (χ3v) is 5.32. The number of carbonyl (C=O) groups is 1. The van der Waals surface area contributed by atoms with Crippen LogP contribution in [0.5, 0.6) is 17.2 Å². The molecule has 0 saturated heterocycles. The summed E-state index contributed by atoms with van der Waals surface area (Å²) in [6, 6.07) is 11.8. The second-order valence-corrected chi connectivity index (χ2v) is 8.15. The summed E-state index contributed by atoms with van der Waals surface area (Å²) in [6.07, 6.45) is 1.02. The molecule has 162 valence electrons. The van der Waals surface area contributed by atoms with Crippen molar-refractivity contribution < 1.29 is 27.4 Å². The first-order valence-electron chi connectivity index (χ1n) is 8.87. The van der Waals surface area contributed by atoms with Gasteiger partial charge in [-0.25, -0.2) is 13.8 Å². The van der Waals surface area contributed by atoms with Crippen LogP contribution in [0.4, 0.5) is 5.69 Å². The summed E-state index contributed by atoms with van der Waals surface area (Å²) in [7, 11) is 0.744. The molecule has 0 heterocycles. The normalized spacial score (nSPS) is 11.6. The second kappa shape index (κ2) is 9.97. The minimum absolute atomic E-state index is 0.262. The smallest absolute Gasteiger partial charge is 0.260 e. The topological polar surface area (TPSA) is 107 Å². The van der Waals surface area contributed by atoms with E-state index in [9.17, 15) is 13.2 Å². The summed E-state index contributed by atoms with van der Waals surface area (Å²) < 4.78 is 41.1. The van der Waals surface area contributed by atoms with Crippen molar-refractivity contribution in [2.45, 2.75) is 6.92 Å². The van der Waals surface area contributed by atoms with Crippen molar-refractivity contribution >= 4 is 27.3 Å². The molecule has 9 nitrogen and oxygen atoms in total. The number of nitrogens with zero attached hydrogens (tertiary/aromatic N) is 2. The van der Waals surface area contributed by atoms with Crippen LogP contribution in [-0.4, -0.2) is 54.2 Å². The molecule has 0 fully saturated rings. The van der Waals surface area contributed by atoms with Gasteiger partial charge in [0, 0.05) is 5.56 Å². The number of sulfonamides is 1. The Morgan fingerprint density at radius 2 is 1.63 bits per heavy atom. The Morgan fingerprint density at radius 1 is 1.00 bits per heavy atom. The standard InChI is InChI=1S/C20H25N3O6S/c1-14(15-10-11-18(28-3)19(12-15)29-4)21-22-20(24)13-23(30(5,25)26)16-8-6-7-9-17(16)27-2/h6-12H,13H2,1-5H3,(H,22,24). The molecule has 0 aromatic heterocycles. The van der Waals surface area contributed by atoms with E-state index >= 15 is 0 Å². The van der Waals surface area contributed by atoms with Gasteiger partial charge in [-0.15, -0.1) is 0 Å². The van der Waals surface area contributed by atoms with E-state index in [1.807, 2.05) is 0 Å². The average Bonchev–Trinajstić information content (AvgIpc) is 2.74. The highest BCUT2D eigenvalue weighted by Gasteiger charge is 2.23. The van der Waals surface area contributed by atoms with Gasteiger partial charge in [0.25, 0.3) is 5.91 Å². The Bertz CT molecular complexity index is 1040. The molecule has 2 rings (SSSR count). The van der Waals surface area contributed by atoms with Crippen molar-refractivity contribution in [1.82, 2.24) is 5.43 Å². The average molecular weight is 436 g/mol. The highest BCUT2D eigenvalue weighted by atomic mass is 32.2. The highest BCUT2D eigenvalue weighted by Crippen LogP contribution is 2.29. The molecule has 0 aliphatic rings. The maximum absolute atomic E-state index is 12.4. The van der Waals surface area contributed by atoms with Crippen molar-refractivity contribution in [2.24, 2.45) is 5.10 Å². The maximum atomic E-state index is 12.4. The SMILES string of the molecule is COc1ccc(C(C)=NNC(=O)CN(c2ccccc2OC)S(C)(=O)=O)cc1OC. The summed E-state index contributed by atoms with van der Waals surface area (Å²) in [5, 5.41) is 4.06. The first-order valence-corrected chi connectivity index (χ1v) is 10.7. The lowest BCUT2D eigenvalue weighted by atomic mass is 10.1. The van der Waals surface area contributed by atoms with E-state index in [4.69, 9.17) is 14.2 Å². The van der Waals surface area contributed by atoms with Crippen molar-refractivity contribution in [3.63, 3.8) is 0 Å². The zero-order valence-corrected chi connectivity index (χ0v) is 18.3. The molecule has 0 aliphatic carbocycles. The number of hydrogen-bond acceptors (Lipinski definition) is 7. The molecule has 0 radical (unpaired) electrons. The predicted octanol–water partition coefficient (Wildman–Crippen LogP) is 2.02. The number of ether oxygens (including phenoxy) is 3. The lowest BCUT2D eigenvalue weighted by molar-refractivity contribution is -0.119. The van der Waals surface area contributed by atoms with Crippen LogP contribution in [0, 0.1) is 0 Å². The molecule has 2 aromatic carbocycles. The lowest BCUT2D eigenvalue weighted by Crippen LogP contribution is -2.39. The summed E-state index contributed by atoms with van der Waals surface area (Å²) >= 11 is 0. The summed E-state index contributed by atoms with van der Waals surface area (Å²) in [6.45, 7) is 1.25. The van der Waals surface area contributed by atoms with Gasteiger partial charge in [-0.05, 0) is 37.3 Å². The number of rotatable bonds is 9. The number of hydrogen-bond donors (Lipinski definition) is 1. The molecular weight excluding hydrogens is 410 g/mol. The third-order valence-electron chi connectivity index (χ3n) is 4.19. The molecule has 1 amide bonds. The van der Waals surface area contributed by atoms with Crippen molar-refractivity contribution in [2.75, 3.05) is 38.4 Å². The van der Waals surface area contributed by atoms with Gasteiger partial charge in [-0.2, -0.15) is 5.10 Å². The fraction of sp³-hybridized carbons (Fsp3) is 0.300. The molecule has 2 aromatic rings. The molecule has 30 heavy (non-hydrogen) atoms. The molecule has 0 unspecified atom stereocenters. The summed E-state index contributed by atoms with van der Waals surface area (Å²) in [4.78, 5) is 12.4. The first kappa shape index (κ1) is 23.0. The van der Waals surface area contributed by atoms with Crippen LogP contribution >= 0.6 is 0 Å². The van der Waals surface area contributed by atoms with Crippen LogP contribution in [0.2, 0.25) is 0 Å².